The first-order chi connectivity index (χ1) is 8.81. The monoisotopic (exact) mass is 261 g/mol. The van der Waals surface area contributed by atoms with E-state index in [1.807, 2.05) is 6.92 Å². The van der Waals surface area contributed by atoms with Gasteiger partial charge >= 0.3 is 0 Å². The molecule has 0 bridgehead atoms. The molecule has 0 aliphatic rings. The minimum atomic E-state index is 0.695. The Balaban J connectivity index is 2.18. The van der Waals surface area contributed by atoms with Crippen LogP contribution in [0.5, 0.6) is 0 Å². The molecule has 0 saturated carbocycles. The third-order valence-electron chi connectivity index (χ3n) is 2.31. The van der Waals surface area contributed by atoms with Crippen molar-refractivity contribution in [3.8, 4) is 0 Å². The Morgan fingerprint density at radius 1 is 1.17 bits per heavy atom. The average Bonchev–Trinajstić information content (AvgIpc) is 2.41. The minimum absolute atomic E-state index is 0.695. The molecule has 0 aliphatic heterocycles. The normalized spacial score (nSPS) is 10.3. The number of nitrogens with zero attached hydrogens (tertiary/aromatic N) is 4. The van der Waals surface area contributed by atoms with Gasteiger partial charge in [0, 0.05) is 24.5 Å². The Morgan fingerprint density at radius 2 is 1.94 bits per heavy atom. The molecular weight excluding hydrogens is 246 g/mol. The van der Waals surface area contributed by atoms with Crippen molar-refractivity contribution in [3.63, 3.8) is 0 Å². The molecule has 0 radical (unpaired) electrons. The molecule has 2 aromatic rings. The second kappa shape index (κ2) is 6.30. The fraction of sp³-hybridized carbons (Fsp3) is 0.333. The molecule has 5 nitrogen and oxygen atoms in total. The van der Waals surface area contributed by atoms with E-state index < -0.39 is 0 Å². The molecule has 0 atom stereocenters. The Kier molecular flexibility index (Phi) is 4.46. The average molecular weight is 261 g/mol. The van der Waals surface area contributed by atoms with Crippen LogP contribution in [0.4, 0.5) is 5.82 Å². The van der Waals surface area contributed by atoms with Crippen LogP contribution in [0.25, 0.3) is 0 Å². The van der Waals surface area contributed by atoms with Gasteiger partial charge in [-0.1, -0.05) is 6.92 Å². The molecule has 6 heteroatoms. The highest BCUT2D eigenvalue weighted by Crippen LogP contribution is 2.27. The molecule has 2 heterocycles. The van der Waals surface area contributed by atoms with E-state index in [4.69, 9.17) is 0 Å². The first-order valence-corrected chi connectivity index (χ1v) is 6.63. The lowest BCUT2D eigenvalue weighted by molar-refractivity contribution is 0.927. The smallest absolute Gasteiger partial charge is 0.193 e. The van der Waals surface area contributed by atoms with E-state index in [0.29, 0.717) is 5.16 Å². The maximum atomic E-state index is 4.27. The van der Waals surface area contributed by atoms with Crippen LogP contribution in [0.1, 0.15) is 18.9 Å². The summed E-state index contributed by atoms with van der Waals surface area (Å²) in [7, 11) is 0. The Labute approximate surface area is 110 Å². The minimum Gasteiger partial charge on any atom is -0.370 e. The third-order valence-corrected chi connectivity index (χ3v) is 3.31. The van der Waals surface area contributed by atoms with Gasteiger partial charge in [0.25, 0.3) is 0 Å². The quantitative estimate of drug-likeness (QED) is 0.659. The molecule has 0 aliphatic carbocycles. The van der Waals surface area contributed by atoms with Gasteiger partial charge in [0.05, 0.1) is 0 Å². The second-order valence-corrected chi connectivity index (χ2v) is 4.67. The summed E-state index contributed by atoms with van der Waals surface area (Å²) in [5.74, 6) is 0.880. The zero-order chi connectivity index (χ0) is 12.8. The number of anilines is 1. The molecule has 2 aromatic heterocycles. The molecule has 0 amide bonds. The zero-order valence-corrected chi connectivity index (χ0v) is 11.2. The number of rotatable bonds is 5. The van der Waals surface area contributed by atoms with Gasteiger partial charge in [-0.3, -0.25) is 0 Å². The number of nitrogens with one attached hydrogen (secondary N) is 1. The van der Waals surface area contributed by atoms with Crippen molar-refractivity contribution in [2.45, 2.75) is 30.5 Å². The van der Waals surface area contributed by atoms with Crippen LogP contribution in [0, 0.1) is 6.92 Å². The molecule has 0 unspecified atom stereocenters. The standard InChI is InChI=1S/C12H15N5S/c1-3-5-13-10-9(2)11(17-8-16-10)18-12-14-6-4-7-15-12/h4,6-8H,3,5H2,1-2H3,(H,13,16,17). The molecule has 1 N–H and O–H groups in total. The highest BCUT2D eigenvalue weighted by atomic mass is 32.2. The molecule has 0 spiro atoms. The molecule has 0 saturated heterocycles. The highest BCUT2D eigenvalue weighted by molar-refractivity contribution is 7.99. The molecule has 0 fully saturated rings. The van der Waals surface area contributed by atoms with Crippen LogP contribution >= 0.6 is 11.8 Å². The summed E-state index contributed by atoms with van der Waals surface area (Å²) in [4.78, 5) is 16.9. The van der Waals surface area contributed by atoms with Gasteiger partial charge in [0.15, 0.2) is 5.16 Å². The SMILES string of the molecule is CCCNc1ncnc(Sc2ncccn2)c1C. The van der Waals surface area contributed by atoms with Crippen molar-refractivity contribution >= 4 is 17.6 Å². The van der Waals surface area contributed by atoms with E-state index >= 15 is 0 Å². The van der Waals surface area contributed by atoms with E-state index in [2.05, 4.69) is 32.2 Å². The van der Waals surface area contributed by atoms with Crippen LogP contribution in [0.15, 0.2) is 35.0 Å². The summed E-state index contributed by atoms with van der Waals surface area (Å²) in [6.07, 6.45) is 6.08. The summed E-state index contributed by atoms with van der Waals surface area (Å²) >= 11 is 1.45. The van der Waals surface area contributed by atoms with Crippen molar-refractivity contribution in [2.75, 3.05) is 11.9 Å². The lowest BCUT2D eigenvalue weighted by Gasteiger charge is -2.09. The van der Waals surface area contributed by atoms with Crippen molar-refractivity contribution in [3.05, 3.63) is 30.4 Å². The Hall–Kier alpha value is -1.69. The van der Waals surface area contributed by atoms with E-state index in [1.165, 1.54) is 11.8 Å². The van der Waals surface area contributed by atoms with Gasteiger partial charge < -0.3 is 5.32 Å². The Bertz CT molecular complexity index is 503. The van der Waals surface area contributed by atoms with Crippen LogP contribution in [-0.4, -0.2) is 26.5 Å². The van der Waals surface area contributed by atoms with Gasteiger partial charge in [-0.25, -0.2) is 19.9 Å². The number of hydrogen-bond acceptors (Lipinski definition) is 6. The van der Waals surface area contributed by atoms with E-state index in [1.54, 1.807) is 24.8 Å². The Morgan fingerprint density at radius 3 is 2.67 bits per heavy atom. The van der Waals surface area contributed by atoms with Crippen LogP contribution in [0.2, 0.25) is 0 Å². The van der Waals surface area contributed by atoms with Crippen molar-refractivity contribution in [2.24, 2.45) is 0 Å². The van der Waals surface area contributed by atoms with Gasteiger partial charge in [-0.05, 0) is 31.2 Å². The largest absolute Gasteiger partial charge is 0.370 e. The first kappa shape index (κ1) is 12.8. The first-order valence-electron chi connectivity index (χ1n) is 5.81. The fourth-order valence-corrected chi connectivity index (χ4v) is 2.13. The zero-order valence-electron chi connectivity index (χ0n) is 10.4. The van der Waals surface area contributed by atoms with E-state index in [0.717, 1.165) is 29.4 Å². The summed E-state index contributed by atoms with van der Waals surface area (Å²) < 4.78 is 0. The third kappa shape index (κ3) is 3.16. The van der Waals surface area contributed by atoms with Crippen molar-refractivity contribution in [1.82, 2.24) is 19.9 Å². The van der Waals surface area contributed by atoms with Crippen LogP contribution < -0.4 is 5.32 Å². The predicted molar refractivity (Wildman–Crippen MR) is 71.7 cm³/mol. The summed E-state index contributed by atoms with van der Waals surface area (Å²) in [6.45, 7) is 5.03. The lowest BCUT2D eigenvalue weighted by atomic mass is 10.3. The summed E-state index contributed by atoms with van der Waals surface area (Å²) in [6, 6.07) is 1.80. The molecule has 0 aromatic carbocycles. The molecular formula is C12H15N5S. The lowest BCUT2D eigenvalue weighted by Crippen LogP contribution is -2.05. The van der Waals surface area contributed by atoms with E-state index in [-0.39, 0.29) is 0 Å². The fourth-order valence-electron chi connectivity index (χ4n) is 1.38. The predicted octanol–water partition coefficient (Wildman–Crippen LogP) is 2.55. The summed E-state index contributed by atoms with van der Waals surface area (Å²) in [5.41, 5.74) is 1.03. The number of aromatic nitrogens is 4. The molecule has 2 rings (SSSR count). The van der Waals surface area contributed by atoms with Gasteiger partial charge in [0.2, 0.25) is 0 Å². The van der Waals surface area contributed by atoms with Gasteiger partial charge in [0.1, 0.15) is 17.2 Å². The molecule has 18 heavy (non-hydrogen) atoms. The molecule has 94 valence electrons. The highest BCUT2D eigenvalue weighted by Gasteiger charge is 2.09. The summed E-state index contributed by atoms with van der Waals surface area (Å²) in [5, 5.41) is 4.86. The maximum Gasteiger partial charge on any atom is 0.193 e. The number of hydrogen-bond donors (Lipinski definition) is 1. The second-order valence-electron chi connectivity index (χ2n) is 3.71. The van der Waals surface area contributed by atoms with Crippen LogP contribution in [-0.2, 0) is 0 Å². The topological polar surface area (TPSA) is 63.6 Å². The van der Waals surface area contributed by atoms with Gasteiger partial charge in [-0.2, -0.15) is 0 Å². The van der Waals surface area contributed by atoms with Crippen molar-refractivity contribution < 1.29 is 0 Å². The van der Waals surface area contributed by atoms with Crippen molar-refractivity contribution in [1.29, 1.82) is 0 Å². The van der Waals surface area contributed by atoms with Gasteiger partial charge in [-0.15, -0.1) is 0 Å². The van der Waals surface area contributed by atoms with E-state index in [9.17, 15) is 0 Å². The maximum absolute atomic E-state index is 4.27. The van der Waals surface area contributed by atoms with Crippen LogP contribution in [0.3, 0.4) is 0 Å².